The van der Waals surface area contributed by atoms with Crippen LogP contribution in [0.2, 0.25) is 0 Å². The summed E-state index contributed by atoms with van der Waals surface area (Å²) in [5, 5.41) is 3.52. The third-order valence-corrected chi connectivity index (χ3v) is 4.64. The van der Waals surface area contributed by atoms with Gasteiger partial charge in [-0.25, -0.2) is 0 Å². The Balaban J connectivity index is 1.65. The third kappa shape index (κ3) is 2.33. The normalized spacial score (nSPS) is 22.8. The van der Waals surface area contributed by atoms with E-state index in [0.29, 0.717) is 5.92 Å². The van der Waals surface area contributed by atoms with E-state index in [9.17, 15) is 0 Å². The first kappa shape index (κ1) is 11.9. The predicted molar refractivity (Wildman–Crippen MR) is 75.4 cm³/mol. The molecule has 1 N–H and O–H groups in total. The van der Waals surface area contributed by atoms with Crippen molar-refractivity contribution in [2.45, 2.75) is 44.4 Å². The van der Waals surface area contributed by atoms with Crippen molar-refractivity contribution in [3.05, 3.63) is 23.8 Å². The number of nitrogens with one attached hydrogen (secondary N) is 1. The zero-order valence-electron chi connectivity index (χ0n) is 11.2. The summed E-state index contributed by atoms with van der Waals surface area (Å²) in [7, 11) is 1.75. The fourth-order valence-corrected chi connectivity index (χ4v) is 3.50. The molecule has 2 nitrogen and oxygen atoms in total. The molecule has 2 aliphatic rings. The Kier molecular flexibility index (Phi) is 3.44. The zero-order chi connectivity index (χ0) is 12.4. The molecule has 0 aromatic heterocycles. The van der Waals surface area contributed by atoms with E-state index in [1.807, 2.05) is 6.07 Å². The Hall–Kier alpha value is -1.18. The van der Waals surface area contributed by atoms with Crippen LogP contribution < -0.4 is 10.1 Å². The minimum Gasteiger partial charge on any atom is -0.497 e. The molecule has 1 fully saturated rings. The number of methoxy groups -OCH3 is 1. The van der Waals surface area contributed by atoms with Gasteiger partial charge in [-0.1, -0.05) is 25.7 Å². The summed E-state index contributed by atoms with van der Waals surface area (Å²) in [5.74, 6) is 2.68. The number of benzene rings is 1. The molecule has 3 rings (SSSR count). The number of rotatable bonds is 4. The molecule has 1 aliphatic carbocycles. The van der Waals surface area contributed by atoms with Crippen molar-refractivity contribution in [2.75, 3.05) is 19.0 Å². The van der Waals surface area contributed by atoms with E-state index in [0.717, 1.165) is 18.2 Å². The van der Waals surface area contributed by atoms with Crippen molar-refractivity contribution in [1.82, 2.24) is 0 Å². The minimum absolute atomic E-state index is 0.690. The summed E-state index contributed by atoms with van der Waals surface area (Å²) in [6.07, 6.45) is 8.58. The molecular formula is C16H23NO. The second-order valence-electron chi connectivity index (χ2n) is 5.76. The Bertz CT molecular complexity index is 410. The van der Waals surface area contributed by atoms with Crippen LogP contribution >= 0.6 is 0 Å². The second kappa shape index (κ2) is 5.21. The average molecular weight is 245 g/mol. The van der Waals surface area contributed by atoms with Gasteiger partial charge >= 0.3 is 0 Å². The van der Waals surface area contributed by atoms with Gasteiger partial charge in [0.15, 0.2) is 0 Å². The average Bonchev–Trinajstić information content (AvgIpc) is 3.05. The summed E-state index contributed by atoms with van der Waals surface area (Å²) in [6.45, 7) is 1.11. The highest BCUT2D eigenvalue weighted by Crippen LogP contribution is 2.39. The number of anilines is 1. The van der Waals surface area contributed by atoms with Crippen LogP contribution in [0.4, 0.5) is 5.69 Å². The molecule has 1 aromatic rings. The third-order valence-electron chi connectivity index (χ3n) is 4.64. The Morgan fingerprint density at radius 2 is 2.06 bits per heavy atom. The molecule has 98 valence electrons. The van der Waals surface area contributed by atoms with E-state index in [2.05, 4.69) is 17.4 Å². The first-order valence-corrected chi connectivity index (χ1v) is 7.28. The Morgan fingerprint density at radius 3 is 2.83 bits per heavy atom. The predicted octanol–water partition coefficient (Wildman–Crippen LogP) is 4.17. The van der Waals surface area contributed by atoms with E-state index in [1.165, 1.54) is 49.8 Å². The summed E-state index contributed by atoms with van der Waals surface area (Å²) in [5.41, 5.74) is 2.78. The minimum atomic E-state index is 0.690. The second-order valence-corrected chi connectivity index (χ2v) is 5.76. The molecule has 0 amide bonds. The molecule has 0 saturated heterocycles. The Morgan fingerprint density at radius 1 is 1.22 bits per heavy atom. The molecule has 0 bridgehead atoms. The lowest BCUT2D eigenvalue weighted by Crippen LogP contribution is -2.04. The summed E-state index contributed by atoms with van der Waals surface area (Å²) in [6, 6.07) is 6.42. The molecular weight excluding hydrogens is 222 g/mol. The van der Waals surface area contributed by atoms with Crippen LogP contribution in [0.3, 0.4) is 0 Å². The van der Waals surface area contributed by atoms with Gasteiger partial charge in [0, 0.05) is 18.2 Å². The van der Waals surface area contributed by atoms with Gasteiger partial charge in [-0.2, -0.15) is 0 Å². The topological polar surface area (TPSA) is 21.3 Å². The van der Waals surface area contributed by atoms with E-state index in [1.54, 1.807) is 7.11 Å². The van der Waals surface area contributed by atoms with Gasteiger partial charge in [0.2, 0.25) is 0 Å². The standard InChI is InChI=1S/C16H23NO/c1-18-14-8-9-16-15(10-14)13(11-17-16)7-6-12-4-2-3-5-12/h8-10,12-13,17H,2-7,11H2,1H3. The van der Waals surface area contributed by atoms with Gasteiger partial charge in [0.1, 0.15) is 5.75 Å². The molecule has 1 atom stereocenters. The quantitative estimate of drug-likeness (QED) is 0.859. The molecule has 1 aliphatic heterocycles. The molecule has 18 heavy (non-hydrogen) atoms. The van der Waals surface area contributed by atoms with Crippen LogP contribution in [0.1, 0.15) is 50.0 Å². The van der Waals surface area contributed by atoms with Crippen LogP contribution in [-0.4, -0.2) is 13.7 Å². The highest BCUT2D eigenvalue weighted by atomic mass is 16.5. The highest BCUT2D eigenvalue weighted by molar-refractivity contribution is 5.60. The molecule has 2 heteroatoms. The lowest BCUT2D eigenvalue weighted by Gasteiger charge is -2.14. The van der Waals surface area contributed by atoms with E-state index < -0.39 is 0 Å². The monoisotopic (exact) mass is 245 g/mol. The molecule has 1 saturated carbocycles. The highest BCUT2D eigenvalue weighted by Gasteiger charge is 2.24. The maximum atomic E-state index is 5.34. The van der Waals surface area contributed by atoms with Crippen LogP contribution in [0.25, 0.3) is 0 Å². The van der Waals surface area contributed by atoms with Gasteiger partial charge in [-0.05, 0) is 42.5 Å². The van der Waals surface area contributed by atoms with Gasteiger partial charge in [0.05, 0.1) is 7.11 Å². The van der Waals surface area contributed by atoms with Gasteiger partial charge < -0.3 is 10.1 Å². The number of hydrogen-bond donors (Lipinski definition) is 1. The van der Waals surface area contributed by atoms with Gasteiger partial charge in [0.25, 0.3) is 0 Å². The van der Waals surface area contributed by atoms with Crippen molar-refractivity contribution in [3.8, 4) is 5.75 Å². The van der Waals surface area contributed by atoms with Crippen LogP contribution in [-0.2, 0) is 0 Å². The maximum absolute atomic E-state index is 5.34. The lowest BCUT2D eigenvalue weighted by molar-refractivity contribution is 0.413. The van der Waals surface area contributed by atoms with Crippen LogP contribution in [0.5, 0.6) is 5.75 Å². The van der Waals surface area contributed by atoms with Gasteiger partial charge in [-0.15, -0.1) is 0 Å². The zero-order valence-corrected chi connectivity index (χ0v) is 11.2. The molecule has 1 unspecified atom stereocenters. The van der Waals surface area contributed by atoms with Gasteiger partial charge in [-0.3, -0.25) is 0 Å². The van der Waals surface area contributed by atoms with Crippen LogP contribution in [0, 0.1) is 5.92 Å². The van der Waals surface area contributed by atoms with Crippen molar-refractivity contribution < 1.29 is 4.74 Å². The number of ether oxygens (including phenoxy) is 1. The van der Waals surface area contributed by atoms with Crippen molar-refractivity contribution in [1.29, 1.82) is 0 Å². The van der Waals surface area contributed by atoms with Crippen LogP contribution in [0.15, 0.2) is 18.2 Å². The first-order valence-electron chi connectivity index (χ1n) is 7.28. The fraction of sp³-hybridized carbons (Fsp3) is 0.625. The molecule has 1 aromatic carbocycles. The number of hydrogen-bond acceptors (Lipinski definition) is 2. The van der Waals surface area contributed by atoms with Crippen molar-refractivity contribution in [2.24, 2.45) is 5.92 Å². The van der Waals surface area contributed by atoms with E-state index in [4.69, 9.17) is 4.74 Å². The SMILES string of the molecule is COc1ccc2c(c1)C(CCC1CCCC1)CN2. The molecule has 0 spiro atoms. The maximum Gasteiger partial charge on any atom is 0.119 e. The van der Waals surface area contributed by atoms with E-state index >= 15 is 0 Å². The van der Waals surface area contributed by atoms with Crippen molar-refractivity contribution in [3.63, 3.8) is 0 Å². The smallest absolute Gasteiger partial charge is 0.119 e. The Labute approximate surface area is 110 Å². The molecule has 0 radical (unpaired) electrons. The lowest BCUT2D eigenvalue weighted by atomic mass is 9.91. The largest absolute Gasteiger partial charge is 0.497 e. The summed E-state index contributed by atoms with van der Waals surface area (Å²) < 4.78 is 5.34. The van der Waals surface area contributed by atoms with E-state index in [-0.39, 0.29) is 0 Å². The fourth-order valence-electron chi connectivity index (χ4n) is 3.50. The van der Waals surface area contributed by atoms with Crippen molar-refractivity contribution >= 4 is 5.69 Å². The molecule has 1 heterocycles. The first-order chi connectivity index (χ1) is 8.86. The summed E-state index contributed by atoms with van der Waals surface area (Å²) in [4.78, 5) is 0. The number of fused-ring (bicyclic) bond motifs is 1. The summed E-state index contributed by atoms with van der Waals surface area (Å²) >= 11 is 0.